The van der Waals surface area contributed by atoms with Gasteiger partial charge in [-0.25, -0.2) is 0 Å². The van der Waals surface area contributed by atoms with Crippen LogP contribution in [0, 0.1) is 11.8 Å². The summed E-state index contributed by atoms with van der Waals surface area (Å²) < 4.78 is 0.763. The Morgan fingerprint density at radius 2 is 2.43 bits per heavy atom. The zero-order valence-electron chi connectivity index (χ0n) is 8.09. The Hall–Kier alpha value is -0.530. The van der Waals surface area contributed by atoms with E-state index in [0.29, 0.717) is 6.54 Å². The number of hydrogen-bond donors (Lipinski definition) is 1. The van der Waals surface area contributed by atoms with Crippen LogP contribution < -0.4 is 5.73 Å². The summed E-state index contributed by atoms with van der Waals surface area (Å²) in [6.07, 6.45) is 0. The van der Waals surface area contributed by atoms with E-state index in [-0.39, 0.29) is 0 Å². The zero-order chi connectivity index (χ0) is 10.4. The van der Waals surface area contributed by atoms with Crippen LogP contribution in [0.3, 0.4) is 0 Å². The quantitative estimate of drug-likeness (QED) is 0.798. The molecule has 0 spiro atoms. The molecule has 1 heterocycles. The van der Waals surface area contributed by atoms with E-state index in [9.17, 15) is 0 Å². The molecule has 0 saturated heterocycles. The number of nitrogens with two attached hydrogens (primary N) is 1. The first-order chi connectivity index (χ1) is 6.74. The van der Waals surface area contributed by atoms with E-state index in [1.165, 1.54) is 11.3 Å². The van der Waals surface area contributed by atoms with E-state index in [2.05, 4.69) is 16.7 Å². The maximum absolute atomic E-state index is 5.90. The zero-order valence-corrected chi connectivity index (χ0v) is 9.66. The topological polar surface area (TPSA) is 29.3 Å². The van der Waals surface area contributed by atoms with E-state index >= 15 is 0 Å². The molecule has 1 aromatic rings. The predicted octanol–water partition coefficient (Wildman–Crippen LogP) is 1.64. The lowest BCUT2D eigenvalue weighted by molar-refractivity contribution is 0.386. The van der Waals surface area contributed by atoms with Gasteiger partial charge in [0.15, 0.2) is 0 Å². The highest BCUT2D eigenvalue weighted by molar-refractivity contribution is 7.14. The van der Waals surface area contributed by atoms with Crippen LogP contribution in [0.2, 0.25) is 4.34 Å². The van der Waals surface area contributed by atoms with Crippen molar-refractivity contribution in [2.24, 2.45) is 5.73 Å². The maximum Gasteiger partial charge on any atom is 0.108 e. The van der Waals surface area contributed by atoms with Crippen LogP contribution in [-0.2, 0) is 0 Å². The maximum atomic E-state index is 5.90. The Labute approximate surface area is 93.7 Å². The molecule has 0 radical (unpaired) electrons. The third-order valence-electron chi connectivity index (χ3n) is 1.70. The van der Waals surface area contributed by atoms with E-state index < -0.39 is 0 Å². The van der Waals surface area contributed by atoms with E-state index in [1.807, 2.05) is 18.5 Å². The number of rotatable bonds is 3. The van der Waals surface area contributed by atoms with Gasteiger partial charge in [-0.15, -0.1) is 11.3 Å². The number of nitrogens with zero attached hydrogens (tertiary/aromatic N) is 1. The summed E-state index contributed by atoms with van der Waals surface area (Å²) in [5, 5.41) is 1.94. The van der Waals surface area contributed by atoms with E-state index in [1.54, 1.807) is 0 Å². The smallest absolute Gasteiger partial charge is 0.108 e. The van der Waals surface area contributed by atoms with Crippen molar-refractivity contribution in [2.75, 3.05) is 26.7 Å². The highest BCUT2D eigenvalue weighted by Crippen LogP contribution is 2.21. The largest absolute Gasteiger partial charge is 0.329 e. The second kappa shape index (κ2) is 6.05. The number of thiophene rings is 1. The van der Waals surface area contributed by atoms with Crippen LogP contribution in [0.1, 0.15) is 5.56 Å². The van der Waals surface area contributed by atoms with Crippen LogP contribution in [0.4, 0.5) is 0 Å². The van der Waals surface area contributed by atoms with Crippen molar-refractivity contribution in [1.29, 1.82) is 0 Å². The third-order valence-corrected chi connectivity index (χ3v) is 2.87. The number of halogens is 1. The molecular formula is C10H13ClN2S. The molecule has 1 rings (SSSR count). The SMILES string of the molecule is CN(CC#Cc1ccsc1Cl)CCN. The average Bonchev–Trinajstić information content (AvgIpc) is 2.52. The van der Waals surface area contributed by atoms with Crippen molar-refractivity contribution in [3.63, 3.8) is 0 Å². The summed E-state index contributed by atoms with van der Waals surface area (Å²) in [6.45, 7) is 2.26. The second-order valence-electron chi connectivity index (χ2n) is 2.94. The van der Waals surface area contributed by atoms with Crippen LogP contribution in [0.15, 0.2) is 11.4 Å². The van der Waals surface area contributed by atoms with Gasteiger partial charge in [0.05, 0.1) is 12.1 Å². The van der Waals surface area contributed by atoms with Gasteiger partial charge in [-0.3, -0.25) is 4.90 Å². The van der Waals surface area contributed by atoms with Gasteiger partial charge in [-0.05, 0) is 18.5 Å². The summed E-state index contributed by atoms with van der Waals surface area (Å²) in [4.78, 5) is 2.08. The summed E-state index contributed by atoms with van der Waals surface area (Å²) in [5.41, 5.74) is 6.33. The van der Waals surface area contributed by atoms with E-state index in [0.717, 1.165) is 23.0 Å². The average molecular weight is 229 g/mol. The van der Waals surface area contributed by atoms with Gasteiger partial charge < -0.3 is 5.73 Å². The highest BCUT2D eigenvalue weighted by Gasteiger charge is 1.96. The molecule has 0 saturated carbocycles. The molecule has 2 N–H and O–H groups in total. The normalized spacial score (nSPS) is 10.0. The first-order valence-corrected chi connectivity index (χ1v) is 5.60. The molecule has 2 nitrogen and oxygen atoms in total. The minimum absolute atomic E-state index is 0.664. The molecule has 14 heavy (non-hydrogen) atoms. The number of hydrogen-bond acceptors (Lipinski definition) is 3. The van der Waals surface area contributed by atoms with Gasteiger partial charge >= 0.3 is 0 Å². The molecule has 0 bridgehead atoms. The van der Waals surface area contributed by atoms with Crippen molar-refractivity contribution >= 4 is 22.9 Å². The fraction of sp³-hybridized carbons (Fsp3) is 0.400. The summed E-state index contributed by atoms with van der Waals surface area (Å²) in [5.74, 6) is 6.08. The van der Waals surface area contributed by atoms with Crippen LogP contribution in [0.25, 0.3) is 0 Å². The molecule has 0 fully saturated rings. The van der Waals surface area contributed by atoms with Crippen molar-refractivity contribution < 1.29 is 0 Å². The minimum atomic E-state index is 0.664. The van der Waals surface area contributed by atoms with E-state index in [4.69, 9.17) is 17.3 Å². The fourth-order valence-electron chi connectivity index (χ4n) is 0.951. The van der Waals surface area contributed by atoms with Crippen molar-refractivity contribution in [1.82, 2.24) is 4.90 Å². The lowest BCUT2D eigenvalue weighted by atomic mass is 10.3. The highest BCUT2D eigenvalue weighted by atomic mass is 35.5. The van der Waals surface area contributed by atoms with Gasteiger partial charge in [0.1, 0.15) is 4.34 Å². The molecule has 0 amide bonds. The molecule has 0 aromatic carbocycles. The molecule has 76 valence electrons. The summed E-state index contributed by atoms with van der Waals surface area (Å²) in [6, 6.07) is 1.93. The Kier molecular flexibility index (Phi) is 4.99. The molecule has 4 heteroatoms. The summed E-state index contributed by atoms with van der Waals surface area (Å²) in [7, 11) is 2.00. The lowest BCUT2D eigenvalue weighted by Gasteiger charge is -2.09. The van der Waals surface area contributed by atoms with Gasteiger partial charge in [-0.1, -0.05) is 23.4 Å². The molecular weight excluding hydrogens is 216 g/mol. The molecule has 1 aromatic heterocycles. The summed E-state index contributed by atoms with van der Waals surface area (Å²) >= 11 is 7.40. The standard InChI is InChI=1S/C10H13ClN2S/c1-13(7-5-12)6-2-3-9-4-8-14-10(9)11/h4,8H,5-7,12H2,1H3. The Morgan fingerprint density at radius 3 is 3.00 bits per heavy atom. The van der Waals surface area contributed by atoms with Crippen molar-refractivity contribution in [3.8, 4) is 11.8 Å². The van der Waals surface area contributed by atoms with Crippen molar-refractivity contribution in [2.45, 2.75) is 0 Å². The minimum Gasteiger partial charge on any atom is -0.329 e. The first-order valence-electron chi connectivity index (χ1n) is 4.34. The van der Waals surface area contributed by atoms with Crippen molar-refractivity contribution in [3.05, 3.63) is 21.3 Å². The molecule has 0 unspecified atom stereocenters. The monoisotopic (exact) mass is 228 g/mol. The van der Waals surface area contributed by atoms with Gasteiger partial charge in [0, 0.05) is 13.1 Å². The Bertz CT molecular complexity index is 337. The molecule has 0 aliphatic rings. The van der Waals surface area contributed by atoms with Crippen LogP contribution in [0.5, 0.6) is 0 Å². The first kappa shape index (κ1) is 11.5. The van der Waals surface area contributed by atoms with Crippen LogP contribution >= 0.6 is 22.9 Å². The lowest BCUT2D eigenvalue weighted by Crippen LogP contribution is -2.25. The molecule has 0 atom stereocenters. The Balaban J connectivity index is 2.45. The van der Waals surface area contributed by atoms with Gasteiger partial charge in [0.2, 0.25) is 0 Å². The third kappa shape index (κ3) is 3.69. The fourth-order valence-corrected chi connectivity index (χ4v) is 1.78. The number of likely N-dealkylation sites (N-methyl/N-ethyl adjacent to an activating group) is 1. The Morgan fingerprint density at radius 1 is 1.64 bits per heavy atom. The predicted molar refractivity (Wildman–Crippen MR) is 62.8 cm³/mol. The van der Waals surface area contributed by atoms with Gasteiger partial charge in [0.25, 0.3) is 0 Å². The molecule has 0 aliphatic heterocycles. The second-order valence-corrected chi connectivity index (χ2v) is 4.45. The molecule has 0 aliphatic carbocycles. The van der Waals surface area contributed by atoms with Crippen LogP contribution in [-0.4, -0.2) is 31.6 Å². The van der Waals surface area contributed by atoms with Gasteiger partial charge in [-0.2, -0.15) is 0 Å².